The normalized spacial score (nSPS) is 16.3. The molecule has 1 atom stereocenters. The summed E-state index contributed by atoms with van der Waals surface area (Å²) in [5.41, 5.74) is 6.76. The molecule has 1 aliphatic rings. The zero-order chi connectivity index (χ0) is 16.7. The number of benzene rings is 1. The lowest BCUT2D eigenvalue weighted by atomic mass is 9.92. The molecule has 2 rings (SSSR count). The number of ether oxygens (including phenoxy) is 2. The molecule has 1 aliphatic heterocycles. The standard InChI is InChI=1S/C16H22F2N2O3.ClH/c17-14(18)10-23-13-3-1-2-11(8-13)9-20-16(21)15(19)12-4-6-22-7-5-12;/h1-3,8,12,14-15H,4-7,9-10,19H2,(H,20,21);1H. The highest BCUT2D eigenvalue weighted by molar-refractivity contribution is 5.85. The molecule has 1 aromatic carbocycles. The SMILES string of the molecule is Cl.NC(C(=O)NCc1cccc(OCC(F)F)c1)C1CCOCC1. The molecule has 8 heteroatoms. The van der Waals surface area contributed by atoms with Gasteiger partial charge in [0.1, 0.15) is 12.4 Å². The van der Waals surface area contributed by atoms with E-state index < -0.39 is 19.1 Å². The van der Waals surface area contributed by atoms with Gasteiger partial charge in [-0.25, -0.2) is 8.78 Å². The summed E-state index contributed by atoms with van der Waals surface area (Å²) in [6.07, 6.45) is -0.951. The molecule has 0 aromatic heterocycles. The number of halogens is 3. The number of amides is 1. The van der Waals surface area contributed by atoms with Crippen LogP contribution in [0.25, 0.3) is 0 Å². The summed E-state index contributed by atoms with van der Waals surface area (Å²) in [4.78, 5) is 12.1. The van der Waals surface area contributed by atoms with Crippen LogP contribution in [0.1, 0.15) is 18.4 Å². The van der Waals surface area contributed by atoms with Gasteiger partial charge in [0.05, 0.1) is 6.04 Å². The smallest absolute Gasteiger partial charge is 0.272 e. The van der Waals surface area contributed by atoms with Crippen LogP contribution in [0.3, 0.4) is 0 Å². The van der Waals surface area contributed by atoms with E-state index in [-0.39, 0.29) is 30.8 Å². The first-order valence-electron chi connectivity index (χ1n) is 7.67. The first-order valence-corrected chi connectivity index (χ1v) is 7.67. The van der Waals surface area contributed by atoms with Crippen molar-refractivity contribution < 1.29 is 23.0 Å². The fourth-order valence-electron chi connectivity index (χ4n) is 2.50. The summed E-state index contributed by atoms with van der Waals surface area (Å²) < 4.78 is 34.5. The topological polar surface area (TPSA) is 73.6 Å². The Morgan fingerprint density at radius 2 is 2.08 bits per heavy atom. The molecule has 1 fully saturated rings. The lowest BCUT2D eigenvalue weighted by molar-refractivity contribution is -0.124. The minimum atomic E-state index is -2.52. The Morgan fingerprint density at radius 3 is 2.75 bits per heavy atom. The minimum Gasteiger partial charge on any atom is -0.488 e. The van der Waals surface area contributed by atoms with Crippen molar-refractivity contribution in [2.45, 2.75) is 31.9 Å². The largest absolute Gasteiger partial charge is 0.488 e. The molecule has 1 unspecified atom stereocenters. The van der Waals surface area contributed by atoms with Crippen LogP contribution in [0.2, 0.25) is 0 Å². The van der Waals surface area contributed by atoms with E-state index in [1.165, 1.54) is 0 Å². The lowest BCUT2D eigenvalue weighted by Gasteiger charge is -2.26. The third-order valence-corrected chi connectivity index (χ3v) is 3.82. The Kier molecular flexibility index (Phi) is 8.95. The van der Waals surface area contributed by atoms with Gasteiger partial charge in [0.2, 0.25) is 5.91 Å². The Balaban J connectivity index is 0.00000288. The van der Waals surface area contributed by atoms with Crippen molar-refractivity contribution in [3.05, 3.63) is 29.8 Å². The molecule has 0 saturated carbocycles. The third kappa shape index (κ3) is 6.59. The molecule has 0 spiro atoms. The van der Waals surface area contributed by atoms with Crippen molar-refractivity contribution >= 4 is 18.3 Å². The van der Waals surface area contributed by atoms with E-state index in [2.05, 4.69) is 5.32 Å². The van der Waals surface area contributed by atoms with Crippen LogP contribution >= 0.6 is 12.4 Å². The number of carbonyl (C=O) groups excluding carboxylic acids is 1. The Bertz CT molecular complexity index is 514. The molecule has 0 aliphatic carbocycles. The van der Waals surface area contributed by atoms with Crippen LogP contribution in [0.5, 0.6) is 5.75 Å². The van der Waals surface area contributed by atoms with E-state index >= 15 is 0 Å². The average Bonchev–Trinajstić information content (AvgIpc) is 2.58. The average molecular weight is 365 g/mol. The van der Waals surface area contributed by atoms with Crippen molar-refractivity contribution in [1.82, 2.24) is 5.32 Å². The van der Waals surface area contributed by atoms with Crippen LogP contribution in [0, 0.1) is 5.92 Å². The summed E-state index contributed by atoms with van der Waals surface area (Å²) in [5, 5.41) is 2.78. The van der Waals surface area contributed by atoms with Crippen molar-refractivity contribution in [2.24, 2.45) is 11.7 Å². The molecule has 3 N–H and O–H groups in total. The maximum absolute atomic E-state index is 12.1. The zero-order valence-electron chi connectivity index (χ0n) is 13.3. The fourth-order valence-corrected chi connectivity index (χ4v) is 2.50. The second kappa shape index (κ2) is 10.4. The van der Waals surface area contributed by atoms with E-state index in [4.69, 9.17) is 15.2 Å². The van der Waals surface area contributed by atoms with Crippen LogP contribution in [-0.4, -0.2) is 38.2 Å². The predicted molar refractivity (Wildman–Crippen MR) is 88.6 cm³/mol. The van der Waals surface area contributed by atoms with E-state index in [0.29, 0.717) is 19.0 Å². The van der Waals surface area contributed by atoms with Crippen molar-refractivity contribution in [1.29, 1.82) is 0 Å². The molecule has 1 saturated heterocycles. The molecule has 0 bridgehead atoms. The second-order valence-corrected chi connectivity index (χ2v) is 5.54. The Labute approximate surface area is 146 Å². The minimum absolute atomic E-state index is 0. The Hall–Kier alpha value is -1.44. The van der Waals surface area contributed by atoms with Gasteiger partial charge in [-0.1, -0.05) is 12.1 Å². The lowest BCUT2D eigenvalue weighted by Crippen LogP contribution is -2.46. The van der Waals surface area contributed by atoms with Gasteiger partial charge in [0, 0.05) is 19.8 Å². The fraction of sp³-hybridized carbons (Fsp3) is 0.562. The first-order chi connectivity index (χ1) is 11.1. The van der Waals surface area contributed by atoms with Crippen LogP contribution in [0.15, 0.2) is 24.3 Å². The van der Waals surface area contributed by atoms with Gasteiger partial charge < -0.3 is 20.5 Å². The van der Waals surface area contributed by atoms with Gasteiger partial charge in [0.25, 0.3) is 6.43 Å². The third-order valence-electron chi connectivity index (χ3n) is 3.82. The highest BCUT2D eigenvalue weighted by Crippen LogP contribution is 2.18. The van der Waals surface area contributed by atoms with Crippen LogP contribution in [0.4, 0.5) is 8.78 Å². The molecule has 1 heterocycles. The van der Waals surface area contributed by atoms with Crippen molar-refractivity contribution in [3.63, 3.8) is 0 Å². The summed E-state index contributed by atoms with van der Waals surface area (Å²) in [6.45, 7) is 0.899. The number of nitrogens with one attached hydrogen (secondary N) is 1. The van der Waals surface area contributed by atoms with E-state index in [1.54, 1.807) is 24.3 Å². The van der Waals surface area contributed by atoms with Gasteiger partial charge in [-0.15, -0.1) is 12.4 Å². The van der Waals surface area contributed by atoms with Crippen LogP contribution in [-0.2, 0) is 16.1 Å². The molecule has 0 radical (unpaired) electrons. The number of nitrogens with two attached hydrogens (primary N) is 1. The monoisotopic (exact) mass is 364 g/mol. The number of hydrogen-bond acceptors (Lipinski definition) is 4. The number of rotatable bonds is 7. The Morgan fingerprint density at radius 1 is 1.38 bits per heavy atom. The molecular formula is C16H23ClF2N2O3. The molecule has 136 valence electrons. The summed E-state index contributed by atoms with van der Waals surface area (Å²) in [7, 11) is 0. The predicted octanol–water partition coefficient (Wildman–Crippen LogP) is 2.12. The molecule has 5 nitrogen and oxygen atoms in total. The first kappa shape index (κ1) is 20.6. The second-order valence-electron chi connectivity index (χ2n) is 5.54. The zero-order valence-corrected chi connectivity index (χ0v) is 14.1. The van der Waals surface area contributed by atoms with Gasteiger partial charge in [-0.2, -0.15) is 0 Å². The summed E-state index contributed by atoms with van der Waals surface area (Å²) in [5.74, 6) is 0.269. The summed E-state index contributed by atoms with van der Waals surface area (Å²) in [6, 6.07) is 6.15. The molecule has 1 aromatic rings. The van der Waals surface area contributed by atoms with E-state index in [1.807, 2.05) is 0 Å². The molecular weight excluding hydrogens is 342 g/mol. The highest BCUT2D eigenvalue weighted by Gasteiger charge is 2.26. The highest BCUT2D eigenvalue weighted by atomic mass is 35.5. The van der Waals surface area contributed by atoms with Gasteiger partial charge >= 0.3 is 0 Å². The van der Waals surface area contributed by atoms with Gasteiger partial charge in [-0.05, 0) is 36.5 Å². The van der Waals surface area contributed by atoms with Gasteiger partial charge in [0.15, 0.2) is 0 Å². The van der Waals surface area contributed by atoms with Gasteiger partial charge in [-0.3, -0.25) is 4.79 Å². The maximum Gasteiger partial charge on any atom is 0.272 e. The molecule has 1 amide bonds. The van der Waals surface area contributed by atoms with E-state index in [0.717, 1.165) is 18.4 Å². The number of alkyl halides is 2. The van der Waals surface area contributed by atoms with E-state index in [9.17, 15) is 13.6 Å². The number of hydrogen-bond donors (Lipinski definition) is 2. The quantitative estimate of drug-likeness (QED) is 0.777. The van der Waals surface area contributed by atoms with Crippen molar-refractivity contribution in [3.8, 4) is 5.75 Å². The van der Waals surface area contributed by atoms with Crippen LogP contribution < -0.4 is 15.8 Å². The van der Waals surface area contributed by atoms with Crippen molar-refractivity contribution in [2.75, 3.05) is 19.8 Å². The number of carbonyl (C=O) groups is 1. The summed E-state index contributed by atoms with van der Waals surface area (Å²) >= 11 is 0. The maximum atomic E-state index is 12.1. The molecule has 24 heavy (non-hydrogen) atoms.